The molecular formula is C36H47ClN8O3. The highest BCUT2D eigenvalue weighted by molar-refractivity contribution is 6.31. The Kier molecular flexibility index (Phi) is 10.7. The maximum atomic E-state index is 12.6. The number of hydroxylamine groups is 1. The van der Waals surface area contributed by atoms with Crippen molar-refractivity contribution >= 4 is 46.2 Å². The lowest BCUT2D eigenvalue weighted by Gasteiger charge is -2.44. The summed E-state index contributed by atoms with van der Waals surface area (Å²) in [7, 11) is 1.65. The van der Waals surface area contributed by atoms with Crippen molar-refractivity contribution in [3.8, 4) is 5.75 Å². The number of carbonyl (C=O) groups excluding carboxylic acids is 1. The lowest BCUT2D eigenvalue weighted by Crippen LogP contribution is -2.54. The number of anilines is 5. The number of hydrogen-bond acceptors (Lipinski definition) is 10. The molecule has 0 saturated carbocycles. The van der Waals surface area contributed by atoms with E-state index in [1.54, 1.807) is 7.11 Å². The fraction of sp³-hybridized carbons (Fsp3) is 0.472. The summed E-state index contributed by atoms with van der Waals surface area (Å²) >= 11 is 6.45. The Morgan fingerprint density at radius 3 is 2.54 bits per heavy atom. The predicted octanol–water partition coefficient (Wildman–Crippen LogP) is 6.19. The monoisotopic (exact) mass is 674 g/mol. The molecule has 0 aliphatic carbocycles. The number of rotatable bonds is 10. The van der Waals surface area contributed by atoms with Crippen molar-refractivity contribution in [1.82, 2.24) is 19.8 Å². The van der Waals surface area contributed by atoms with E-state index in [-0.39, 0.29) is 11.9 Å². The third-order valence-corrected chi connectivity index (χ3v) is 10.3. The summed E-state index contributed by atoms with van der Waals surface area (Å²) < 4.78 is 5.88. The number of carbonyl (C=O) groups is 1. The Bertz CT molecular complexity index is 1600. The van der Waals surface area contributed by atoms with Gasteiger partial charge in [-0.2, -0.15) is 0 Å². The quantitative estimate of drug-likeness (QED) is 0.242. The second-order valence-corrected chi connectivity index (χ2v) is 13.4. The summed E-state index contributed by atoms with van der Waals surface area (Å²) in [6.45, 7) is 17.1. The largest absolute Gasteiger partial charge is 0.494 e. The molecule has 4 heterocycles. The van der Waals surface area contributed by atoms with Crippen LogP contribution in [0.4, 0.5) is 28.7 Å². The lowest BCUT2D eigenvalue weighted by molar-refractivity contribution is -0.111. The van der Waals surface area contributed by atoms with Crippen molar-refractivity contribution in [2.75, 3.05) is 73.6 Å². The van der Waals surface area contributed by atoms with Gasteiger partial charge in [-0.1, -0.05) is 30.3 Å². The number of nitrogens with zero attached hydrogens (tertiary/aromatic N) is 6. The molecular weight excluding hydrogens is 628 g/mol. The van der Waals surface area contributed by atoms with E-state index in [0.29, 0.717) is 47.5 Å². The average Bonchev–Trinajstić information content (AvgIpc) is 3.60. The van der Waals surface area contributed by atoms with Gasteiger partial charge >= 0.3 is 0 Å². The van der Waals surface area contributed by atoms with Gasteiger partial charge in [-0.05, 0) is 62.9 Å². The Hall–Kier alpha value is -3.90. The first kappa shape index (κ1) is 34.0. The van der Waals surface area contributed by atoms with Crippen LogP contribution in [0.15, 0.2) is 55.4 Å². The Labute approximate surface area is 288 Å². The Morgan fingerprint density at radius 1 is 1.06 bits per heavy atom. The van der Waals surface area contributed by atoms with Crippen molar-refractivity contribution in [2.45, 2.75) is 58.2 Å². The van der Waals surface area contributed by atoms with Gasteiger partial charge in [0.05, 0.1) is 36.8 Å². The molecule has 1 unspecified atom stereocenters. The molecule has 48 heavy (non-hydrogen) atoms. The fourth-order valence-corrected chi connectivity index (χ4v) is 7.29. The van der Waals surface area contributed by atoms with Crippen LogP contribution in [0, 0.1) is 6.92 Å². The molecule has 3 aromatic rings. The van der Waals surface area contributed by atoms with Gasteiger partial charge in [-0.25, -0.2) is 15.0 Å². The van der Waals surface area contributed by atoms with E-state index in [4.69, 9.17) is 21.2 Å². The van der Waals surface area contributed by atoms with Crippen molar-refractivity contribution in [2.24, 2.45) is 0 Å². The number of nitrogens with one attached hydrogen (secondary N) is 2. The van der Waals surface area contributed by atoms with E-state index in [1.165, 1.54) is 12.4 Å². The van der Waals surface area contributed by atoms with E-state index in [1.807, 2.05) is 42.3 Å². The number of piperazine rings is 1. The van der Waals surface area contributed by atoms with Crippen LogP contribution in [0.5, 0.6) is 5.75 Å². The fourth-order valence-electron chi connectivity index (χ4n) is 7.11. The molecule has 1 amide bonds. The van der Waals surface area contributed by atoms with E-state index in [2.05, 4.69) is 61.8 Å². The van der Waals surface area contributed by atoms with Gasteiger partial charge < -0.3 is 20.3 Å². The molecule has 1 atom stereocenters. The average molecular weight is 675 g/mol. The van der Waals surface area contributed by atoms with Crippen LogP contribution in [-0.2, 0) is 9.63 Å². The van der Waals surface area contributed by atoms with Crippen molar-refractivity contribution in [3.05, 3.63) is 71.5 Å². The minimum atomic E-state index is -0.275. The molecule has 2 N–H and O–H groups in total. The summed E-state index contributed by atoms with van der Waals surface area (Å²) in [5, 5.41) is 8.99. The van der Waals surface area contributed by atoms with Gasteiger partial charge in [0.25, 0.3) is 0 Å². The maximum Gasteiger partial charge on any atom is 0.247 e. The van der Waals surface area contributed by atoms with Crippen LogP contribution in [-0.4, -0.2) is 90.7 Å². The topological polar surface area (TPSA) is 98.3 Å². The number of ether oxygens (including phenoxy) is 1. The summed E-state index contributed by atoms with van der Waals surface area (Å²) in [4.78, 5) is 35.2. The second kappa shape index (κ2) is 15.1. The van der Waals surface area contributed by atoms with Gasteiger partial charge in [0.1, 0.15) is 17.9 Å². The number of piperidine rings is 1. The van der Waals surface area contributed by atoms with E-state index in [9.17, 15) is 4.79 Å². The summed E-state index contributed by atoms with van der Waals surface area (Å²) in [6.07, 6.45) is 5.74. The molecule has 256 valence electrons. The molecule has 0 spiro atoms. The molecule has 3 aliphatic heterocycles. The molecule has 2 aromatic carbocycles. The van der Waals surface area contributed by atoms with Gasteiger partial charge in [0.15, 0.2) is 5.82 Å². The molecule has 3 fully saturated rings. The number of benzene rings is 2. The molecule has 11 nitrogen and oxygen atoms in total. The van der Waals surface area contributed by atoms with Gasteiger partial charge in [-0.15, -0.1) is 0 Å². The van der Waals surface area contributed by atoms with Gasteiger partial charge in [-0.3, -0.25) is 19.4 Å². The van der Waals surface area contributed by atoms with Gasteiger partial charge in [0.2, 0.25) is 5.91 Å². The number of methoxy groups -OCH3 is 1. The summed E-state index contributed by atoms with van der Waals surface area (Å²) in [5.41, 5.74) is 4.39. The first-order chi connectivity index (χ1) is 23.2. The minimum Gasteiger partial charge on any atom is -0.494 e. The predicted molar refractivity (Wildman–Crippen MR) is 193 cm³/mol. The van der Waals surface area contributed by atoms with E-state index >= 15 is 0 Å². The van der Waals surface area contributed by atoms with Crippen LogP contribution >= 0.6 is 11.6 Å². The highest BCUT2D eigenvalue weighted by Crippen LogP contribution is 2.41. The molecule has 3 saturated heterocycles. The standard InChI is InChI=1S/C36H47ClN8O3/c1-6-36(46)41-29-20-30(33(47-5)21-32(29)44-13-10-26(11-14-44)43-17-15-42(16-18-43)24(2)3)40-34-22-35(39-23-38-34)45-31(12-19-48-45)27-8-7-9-28(37)25(27)4/h6-9,20-24,26,31H,1,10-19H2,2-5H3,(H,41,46)(H,38,39,40). The Balaban J connectivity index is 1.21. The molecule has 6 rings (SSSR count). The molecule has 12 heteroatoms. The zero-order valence-corrected chi connectivity index (χ0v) is 29.2. The SMILES string of the molecule is C=CC(=O)Nc1cc(Nc2cc(N3OCCC3c3cccc(Cl)c3C)ncn2)c(OC)cc1N1CCC(N2CCN(C(C)C)CC2)CC1. The zero-order chi connectivity index (χ0) is 33.8. The van der Waals surface area contributed by atoms with Crippen LogP contribution in [0.25, 0.3) is 0 Å². The third-order valence-electron chi connectivity index (χ3n) is 9.88. The number of aromatic nitrogens is 2. The van der Waals surface area contributed by atoms with E-state index in [0.717, 1.165) is 80.4 Å². The normalized spacial score (nSPS) is 19.5. The molecule has 1 aromatic heterocycles. The molecule has 3 aliphatic rings. The van der Waals surface area contributed by atoms with Crippen LogP contribution in [0.2, 0.25) is 5.02 Å². The first-order valence-electron chi connectivity index (χ1n) is 16.9. The summed E-state index contributed by atoms with van der Waals surface area (Å²) in [6, 6.07) is 12.8. The van der Waals surface area contributed by atoms with Crippen LogP contribution < -0.4 is 25.3 Å². The summed E-state index contributed by atoms with van der Waals surface area (Å²) in [5.74, 6) is 1.54. The van der Waals surface area contributed by atoms with Crippen molar-refractivity contribution < 1.29 is 14.4 Å². The number of amides is 1. The first-order valence-corrected chi connectivity index (χ1v) is 17.3. The molecule has 0 bridgehead atoms. The lowest BCUT2D eigenvalue weighted by atomic mass is 9.99. The van der Waals surface area contributed by atoms with Crippen LogP contribution in [0.3, 0.4) is 0 Å². The van der Waals surface area contributed by atoms with Crippen molar-refractivity contribution in [1.29, 1.82) is 0 Å². The smallest absolute Gasteiger partial charge is 0.247 e. The second-order valence-electron chi connectivity index (χ2n) is 13.0. The Morgan fingerprint density at radius 2 is 1.83 bits per heavy atom. The van der Waals surface area contributed by atoms with Gasteiger partial charge in [0, 0.05) is 74.9 Å². The number of halogens is 1. The highest BCUT2D eigenvalue weighted by atomic mass is 35.5. The third kappa shape index (κ3) is 7.39. The maximum absolute atomic E-state index is 12.6. The minimum absolute atomic E-state index is 0.0326. The zero-order valence-electron chi connectivity index (χ0n) is 28.4. The van der Waals surface area contributed by atoms with E-state index < -0.39 is 0 Å². The molecule has 0 radical (unpaired) electrons. The highest BCUT2D eigenvalue weighted by Gasteiger charge is 2.32. The van der Waals surface area contributed by atoms with Crippen molar-refractivity contribution in [3.63, 3.8) is 0 Å². The van der Waals surface area contributed by atoms with Crippen LogP contribution in [0.1, 0.15) is 50.3 Å². The number of hydrogen-bond donors (Lipinski definition) is 2.